The van der Waals surface area contributed by atoms with Crippen molar-refractivity contribution in [2.45, 2.75) is 51.6 Å². The molecule has 0 atom stereocenters. The minimum absolute atomic E-state index is 0.0900. The Morgan fingerprint density at radius 3 is 2.79 bits per heavy atom. The summed E-state index contributed by atoms with van der Waals surface area (Å²) in [7, 11) is 4.02. The van der Waals surface area contributed by atoms with Crippen LogP contribution >= 0.6 is 11.3 Å². The number of amides is 1. The fourth-order valence-electron chi connectivity index (χ4n) is 4.25. The quantitative estimate of drug-likeness (QED) is 0.402. The Morgan fingerprint density at radius 2 is 2.03 bits per heavy atom. The highest BCUT2D eigenvalue weighted by molar-refractivity contribution is 7.20. The lowest BCUT2D eigenvalue weighted by atomic mass is 9.98. The van der Waals surface area contributed by atoms with Crippen LogP contribution in [0.5, 0.6) is 5.75 Å². The number of rotatable bonds is 9. The topological polar surface area (TPSA) is 79.4 Å². The fourth-order valence-corrected chi connectivity index (χ4v) is 5.31. The van der Waals surface area contributed by atoms with Crippen molar-refractivity contribution < 1.29 is 13.9 Å². The van der Waals surface area contributed by atoms with Crippen molar-refractivity contribution in [3.63, 3.8) is 0 Å². The number of thiophene rings is 1. The maximum Gasteiger partial charge on any atom is 0.261 e. The van der Waals surface area contributed by atoms with Gasteiger partial charge in [-0.1, -0.05) is 6.42 Å². The summed E-state index contributed by atoms with van der Waals surface area (Å²) in [5.74, 6) is 0.605. The molecule has 34 heavy (non-hydrogen) atoms. The molecule has 1 saturated carbocycles. The second kappa shape index (κ2) is 11.1. The summed E-state index contributed by atoms with van der Waals surface area (Å²) in [6, 6.07) is 4.49. The third-order valence-electron chi connectivity index (χ3n) is 6.04. The number of ether oxygens (including phenoxy) is 1. The molecule has 0 bridgehead atoms. The first-order valence-corrected chi connectivity index (χ1v) is 12.6. The molecule has 0 radical (unpaired) electrons. The second-order valence-electron chi connectivity index (χ2n) is 9.01. The zero-order chi connectivity index (χ0) is 24.1. The van der Waals surface area contributed by atoms with Gasteiger partial charge in [0.05, 0.1) is 22.1 Å². The minimum Gasteiger partial charge on any atom is -0.488 e. The van der Waals surface area contributed by atoms with Gasteiger partial charge in [0.1, 0.15) is 28.5 Å². The molecule has 4 rings (SSSR count). The van der Waals surface area contributed by atoms with E-state index in [1.807, 2.05) is 21.0 Å². The highest BCUT2D eigenvalue weighted by atomic mass is 32.1. The Bertz CT molecular complexity index is 1140. The smallest absolute Gasteiger partial charge is 0.261 e. The number of carbonyl (C=O) groups is 1. The number of hydrogen-bond donors (Lipinski definition) is 2. The lowest BCUT2D eigenvalue weighted by Gasteiger charge is -2.24. The van der Waals surface area contributed by atoms with Gasteiger partial charge in [-0.25, -0.2) is 14.4 Å². The standard InChI is InChI=1S/C25H32FN5O2S/c1-16-21-23(28-15-29-25(21)34-22(16)24(32)27-12-7-13-31(2)3)30-19-11-10-17(26)14-20(19)33-18-8-5-4-6-9-18/h10-11,14-15,18H,4-9,12-13H2,1-3H3,(H,27,32)(H,28,29,30). The number of fused-ring (bicyclic) bond motifs is 1. The van der Waals surface area contributed by atoms with Crippen LogP contribution in [0.25, 0.3) is 10.2 Å². The summed E-state index contributed by atoms with van der Waals surface area (Å²) in [5, 5.41) is 7.11. The largest absolute Gasteiger partial charge is 0.488 e. The number of nitrogens with one attached hydrogen (secondary N) is 2. The first-order chi connectivity index (χ1) is 16.4. The average Bonchev–Trinajstić information content (AvgIpc) is 3.16. The van der Waals surface area contributed by atoms with Gasteiger partial charge < -0.3 is 20.3 Å². The van der Waals surface area contributed by atoms with E-state index in [9.17, 15) is 9.18 Å². The van der Waals surface area contributed by atoms with Crippen molar-refractivity contribution >= 4 is 39.0 Å². The molecule has 3 aromatic rings. The van der Waals surface area contributed by atoms with Gasteiger partial charge in [-0.15, -0.1) is 11.3 Å². The lowest BCUT2D eigenvalue weighted by molar-refractivity contribution is 0.0956. The molecule has 2 N–H and O–H groups in total. The van der Waals surface area contributed by atoms with E-state index in [0.29, 0.717) is 28.7 Å². The van der Waals surface area contributed by atoms with Gasteiger partial charge in [0, 0.05) is 12.6 Å². The van der Waals surface area contributed by atoms with Crippen LogP contribution in [0.3, 0.4) is 0 Å². The Hall–Kier alpha value is -2.78. The van der Waals surface area contributed by atoms with Crippen LogP contribution in [0.15, 0.2) is 24.5 Å². The second-order valence-corrected chi connectivity index (χ2v) is 10.0. The average molecular weight is 486 g/mol. The molecule has 1 aliphatic carbocycles. The first-order valence-electron chi connectivity index (χ1n) is 11.8. The number of aromatic nitrogens is 2. The van der Waals surface area contributed by atoms with E-state index in [1.165, 1.54) is 36.2 Å². The molecule has 182 valence electrons. The van der Waals surface area contributed by atoms with E-state index >= 15 is 0 Å². The number of nitrogens with zero attached hydrogens (tertiary/aromatic N) is 3. The van der Waals surface area contributed by atoms with Crippen molar-refractivity contribution in [3.8, 4) is 5.75 Å². The van der Waals surface area contributed by atoms with E-state index in [-0.39, 0.29) is 17.8 Å². The maximum atomic E-state index is 14.0. The van der Waals surface area contributed by atoms with Gasteiger partial charge in [0.2, 0.25) is 0 Å². The molecule has 2 heterocycles. The van der Waals surface area contributed by atoms with Crippen LogP contribution in [0, 0.1) is 12.7 Å². The zero-order valence-corrected chi connectivity index (χ0v) is 20.8. The van der Waals surface area contributed by atoms with E-state index in [0.717, 1.165) is 54.4 Å². The third-order valence-corrected chi connectivity index (χ3v) is 7.24. The molecule has 1 aromatic carbocycles. The number of carbonyl (C=O) groups excluding carboxylic acids is 1. The van der Waals surface area contributed by atoms with Crippen LogP contribution in [-0.4, -0.2) is 54.1 Å². The molecule has 7 nitrogen and oxygen atoms in total. The van der Waals surface area contributed by atoms with Crippen LogP contribution in [0.1, 0.15) is 53.8 Å². The highest BCUT2D eigenvalue weighted by Gasteiger charge is 2.21. The maximum absolute atomic E-state index is 14.0. The summed E-state index contributed by atoms with van der Waals surface area (Å²) in [6.45, 7) is 3.43. The molecule has 0 saturated heterocycles. The van der Waals surface area contributed by atoms with Crippen molar-refractivity contribution in [2.75, 3.05) is 32.5 Å². The number of benzene rings is 1. The predicted molar refractivity (Wildman–Crippen MR) is 135 cm³/mol. The van der Waals surface area contributed by atoms with Crippen molar-refractivity contribution in [2.24, 2.45) is 0 Å². The number of halogens is 1. The third kappa shape index (κ3) is 5.82. The molecule has 1 fully saturated rings. The summed E-state index contributed by atoms with van der Waals surface area (Å²) in [5.41, 5.74) is 1.47. The Balaban J connectivity index is 1.56. The van der Waals surface area contributed by atoms with Gasteiger partial charge in [-0.3, -0.25) is 4.79 Å². The van der Waals surface area contributed by atoms with Crippen LogP contribution in [-0.2, 0) is 0 Å². The molecule has 1 amide bonds. The molecular formula is C25H32FN5O2S. The van der Waals surface area contributed by atoms with Crippen molar-refractivity contribution in [3.05, 3.63) is 40.8 Å². The molecule has 9 heteroatoms. The molecule has 0 unspecified atom stereocenters. The fraction of sp³-hybridized carbons (Fsp3) is 0.480. The minimum atomic E-state index is -0.343. The monoisotopic (exact) mass is 485 g/mol. The SMILES string of the molecule is Cc1c(C(=O)NCCCN(C)C)sc2ncnc(Nc3ccc(F)cc3OC3CCCCC3)c12. The predicted octanol–water partition coefficient (Wildman–Crippen LogP) is 5.28. The van der Waals surface area contributed by atoms with Gasteiger partial charge in [-0.2, -0.15) is 0 Å². The molecule has 0 aliphatic heterocycles. The van der Waals surface area contributed by atoms with Crippen LogP contribution < -0.4 is 15.4 Å². The van der Waals surface area contributed by atoms with Gasteiger partial charge in [-0.05, 0) is 77.4 Å². The highest BCUT2D eigenvalue weighted by Crippen LogP contribution is 2.37. The number of aryl methyl sites for hydroxylation is 1. The molecule has 2 aromatic heterocycles. The summed E-state index contributed by atoms with van der Waals surface area (Å²) >= 11 is 1.35. The molecule has 0 spiro atoms. The first kappa shape index (κ1) is 24.3. The van der Waals surface area contributed by atoms with Crippen molar-refractivity contribution in [1.82, 2.24) is 20.2 Å². The van der Waals surface area contributed by atoms with Crippen LogP contribution in [0.4, 0.5) is 15.9 Å². The number of hydrogen-bond acceptors (Lipinski definition) is 7. The van der Waals surface area contributed by atoms with E-state index in [4.69, 9.17) is 4.74 Å². The Morgan fingerprint density at radius 1 is 1.24 bits per heavy atom. The summed E-state index contributed by atoms with van der Waals surface area (Å²) in [4.78, 5) is 25.1. The van der Waals surface area contributed by atoms with Crippen LogP contribution in [0.2, 0.25) is 0 Å². The zero-order valence-electron chi connectivity index (χ0n) is 20.0. The van der Waals surface area contributed by atoms with Gasteiger partial charge in [0.15, 0.2) is 0 Å². The van der Waals surface area contributed by atoms with E-state index < -0.39 is 0 Å². The van der Waals surface area contributed by atoms with E-state index in [1.54, 1.807) is 6.07 Å². The Labute approximate surface area is 203 Å². The molecular weight excluding hydrogens is 453 g/mol. The van der Waals surface area contributed by atoms with Crippen molar-refractivity contribution in [1.29, 1.82) is 0 Å². The Kier molecular flexibility index (Phi) is 7.95. The van der Waals surface area contributed by atoms with Gasteiger partial charge in [0.25, 0.3) is 5.91 Å². The van der Waals surface area contributed by atoms with Gasteiger partial charge >= 0.3 is 0 Å². The normalized spacial score (nSPS) is 14.5. The number of anilines is 2. The summed E-state index contributed by atoms with van der Waals surface area (Å²) < 4.78 is 20.2. The molecule has 1 aliphatic rings. The summed E-state index contributed by atoms with van der Waals surface area (Å²) in [6.07, 6.45) is 7.87. The van der Waals surface area contributed by atoms with E-state index in [2.05, 4.69) is 25.5 Å². The lowest BCUT2D eigenvalue weighted by Crippen LogP contribution is -2.26.